The Morgan fingerprint density at radius 1 is 1.18 bits per heavy atom. The average Bonchev–Trinajstić information content (AvgIpc) is 2.25. The fourth-order valence-corrected chi connectivity index (χ4v) is 2.75. The zero-order valence-corrected chi connectivity index (χ0v) is 9.51. The van der Waals surface area contributed by atoms with Crippen molar-refractivity contribution < 1.29 is 13.5 Å². The van der Waals surface area contributed by atoms with Crippen molar-refractivity contribution in [2.24, 2.45) is 5.73 Å². The number of fused-ring (bicyclic) bond motifs is 1. The zero-order chi connectivity index (χ0) is 12.1. The van der Waals surface area contributed by atoms with Crippen LogP contribution in [0.4, 0.5) is 8.78 Å². The molecule has 0 unspecified atom stereocenters. The van der Waals surface area contributed by atoms with E-state index < -0.39 is 11.5 Å². The van der Waals surface area contributed by atoms with E-state index in [0.29, 0.717) is 13.2 Å². The summed E-state index contributed by atoms with van der Waals surface area (Å²) in [5.74, 6) is -2.59. The molecule has 1 aliphatic carbocycles. The van der Waals surface area contributed by atoms with Crippen LogP contribution in [0.1, 0.15) is 29.5 Å². The van der Waals surface area contributed by atoms with Gasteiger partial charge in [-0.05, 0) is 23.1 Å². The molecule has 3 rings (SSSR count). The highest BCUT2D eigenvalue weighted by atomic mass is 19.3. The summed E-state index contributed by atoms with van der Waals surface area (Å²) in [6, 6.07) is 5.80. The lowest BCUT2D eigenvalue weighted by Crippen LogP contribution is -2.55. The molecule has 1 aromatic rings. The molecular formula is C13H15F2NO. The molecule has 0 spiro atoms. The number of alkyl halides is 2. The lowest BCUT2D eigenvalue weighted by Gasteiger charge is -2.45. The van der Waals surface area contributed by atoms with Crippen molar-refractivity contribution in [2.45, 2.75) is 37.3 Å². The van der Waals surface area contributed by atoms with Crippen molar-refractivity contribution >= 4 is 0 Å². The van der Waals surface area contributed by atoms with Crippen molar-refractivity contribution in [1.82, 2.24) is 0 Å². The van der Waals surface area contributed by atoms with Crippen LogP contribution >= 0.6 is 0 Å². The molecule has 0 amide bonds. The molecule has 2 aliphatic rings. The fraction of sp³-hybridized carbons (Fsp3) is 0.538. The van der Waals surface area contributed by atoms with Crippen LogP contribution in [0.2, 0.25) is 0 Å². The molecular weight excluding hydrogens is 224 g/mol. The molecule has 0 bridgehead atoms. The van der Waals surface area contributed by atoms with Gasteiger partial charge in [-0.3, -0.25) is 0 Å². The van der Waals surface area contributed by atoms with Crippen LogP contribution in [0.5, 0.6) is 0 Å². The summed E-state index contributed by atoms with van der Waals surface area (Å²) >= 11 is 0. The van der Waals surface area contributed by atoms with E-state index in [2.05, 4.69) is 0 Å². The quantitative estimate of drug-likeness (QED) is 0.816. The van der Waals surface area contributed by atoms with E-state index in [0.717, 1.165) is 17.5 Å². The largest absolute Gasteiger partial charge is 0.376 e. The minimum Gasteiger partial charge on any atom is -0.376 e. The Hall–Kier alpha value is -1.00. The molecule has 1 aromatic carbocycles. The minimum absolute atomic E-state index is 0.241. The van der Waals surface area contributed by atoms with E-state index in [-0.39, 0.29) is 12.8 Å². The van der Waals surface area contributed by atoms with Crippen LogP contribution < -0.4 is 5.73 Å². The molecule has 2 N–H and O–H groups in total. The minimum atomic E-state index is -2.59. The van der Waals surface area contributed by atoms with Crippen LogP contribution in [0.25, 0.3) is 0 Å². The molecule has 1 heterocycles. The maximum Gasteiger partial charge on any atom is 0.252 e. The van der Waals surface area contributed by atoms with Crippen LogP contribution in [0.3, 0.4) is 0 Å². The SMILES string of the molecule is NC1(c2ccc3c(c2)CCOC3)CC(F)(F)C1. The standard InChI is InChI=1S/C13H15F2NO/c14-13(15)7-12(16,8-13)11-2-1-10-6-17-4-3-9(10)5-11/h1-2,5H,3-4,6-8,16H2. The van der Waals surface area contributed by atoms with E-state index >= 15 is 0 Å². The number of hydrogen-bond acceptors (Lipinski definition) is 2. The van der Waals surface area contributed by atoms with Crippen molar-refractivity contribution in [1.29, 1.82) is 0 Å². The second-order valence-electron chi connectivity index (χ2n) is 5.15. The lowest BCUT2D eigenvalue weighted by molar-refractivity contribution is -0.125. The van der Waals surface area contributed by atoms with Crippen LogP contribution in [0, 0.1) is 0 Å². The first kappa shape index (κ1) is 11.1. The maximum absolute atomic E-state index is 13.0. The first-order valence-corrected chi connectivity index (χ1v) is 5.85. The summed E-state index contributed by atoms with van der Waals surface area (Å²) in [4.78, 5) is 0. The molecule has 0 atom stereocenters. The van der Waals surface area contributed by atoms with Gasteiger partial charge in [-0.25, -0.2) is 8.78 Å². The Kier molecular flexibility index (Phi) is 2.28. The first-order valence-electron chi connectivity index (χ1n) is 5.85. The van der Waals surface area contributed by atoms with Crippen LogP contribution in [-0.4, -0.2) is 12.5 Å². The molecule has 17 heavy (non-hydrogen) atoms. The molecule has 0 aromatic heterocycles. The summed E-state index contributed by atoms with van der Waals surface area (Å²) in [6.45, 7) is 1.31. The predicted molar refractivity (Wildman–Crippen MR) is 59.8 cm³/mol. The van der Waals surface area contributed by atoms with E-state index in [1.807, 2.05) is 18.2 Å². The number of rotatable bonds is 1. The molecule has 2 nitrogen and oxygen atoms in total. The summed E-state index contributed by atoms with van der Waals surface area (Å²) in [6.07, 6.45) is 0.361. The van der Waals surface area contributed by atoms with Crippen molar-refractivity contribution in [3.05, 3.63) is 34.9 Å². The maximum atomic E-state index is 13.0. The Bertz CT molecular complexity index is 451. The number of nitrogens with two attached hydrogens (primary N) is 1. The second kappa shape index (κ2) is 3.50. The van der Waals surface area contributed by atoms with Crippen LogP contribution in [0.15, 0.2) is 18.2 Å². The first-order chi connectivity index (χ1) is 7.99. The number of ether oxygens (including phenoxy) is 1. The molecule has 1 fully saturated rings. The third-order valence-electron chi connectivity index (χ3n) is 3.70. The smallest absolute Gasteiger partial charge is 0.252 e. The van der Waals surface area contributed by atoms with Gasteiger partial charge in [-0.1, -0.05) is 18.2 Å². The highest BCUT2D eigenvalue weighted by Crippen LogP contribution is 2.50. The monoisotopic (exact) mass is 239 g/mol. The molecule has 92 valence electrons. The number of hydrogen-bond donors (Lipinski definition) is 1. The van der Waals surface area contributed by atoms with Crippen molar-refractivity contribution in [2.75, 3.05) is 6.61 Å². The predicted octanol–water partition coefficient (Wildman–Crippen LogP) is 2.34. The topological polar surface area (TPSA) is 35.2 Å². The summed E-state index contributed by atoms with van der Waals surface area (Å²) < 4.78 is 31.3. The van der Waals surface area contributed by atoms with Crippen molar-refractivity contribution in [3.8, 4) is 0 Å². The van der Waals surface area contributed by atoms with Gasteiger partial charge in [-0.15, -0.1) is 0 Å². The molecule has 0 radical (unpaired) electrons. The zero-order valence-electron chi connectivity index (χ0n) is 9.51. The van der Waals surface area contributed by atoms with Gasteiger partial charge in [0.25, 0.3) is 5.92 Å². The van der Waals surface area contributed by atoms with Gasteiger partial charge >= 0.3 is 0 Å². The number of halogens is 2. The molecule has 0 saturated heterocycles. The molecule has 4 heteroatoms. The molecule has 1 aliphatic heterocycles. The third-order valence-corrected chi connectivity index (χ3v) is 3.70. The third kappa shape index (κ3) is 1.85. The van der Waals surface area contributed by atoms with Crippen LogP contribution in [-0.2, 0) is 23.3 Å². The van der Waals surface area contributed by atoms with Gasteiger partial charge < -0.3 is 10.5 Å². The highest BCUT2D eigenvalue weighted by molar-refractivity contribution is 5.38. The second-order valence-corrected chi connectivity index (χ2v) is 5.15. The summed E-state index contributed by atoms with van der Waals surface area (Å²) in [7, 11) is 0. The Morgan fingerprint density at radius 2 is 1.94 bits per heavy atom. The van der Waals surface area contributed by atoms with Gasteiger partial charge in [0.2, 0.25) is 0 Å². The van der Waals surface area contributed by atoms with Gasteiger partial charge in [0.1, 0.15) is 0 Å². The van der Waals surface area contributed by atoms with Gasteiger partial charge in [0.15, 0.2) is 0 Å². The van der Waals surface area contributed by atoms with E-state index in [4.69, 9.17) is 10.5 Å². The van der Waals surface area contributed by atoms with Gasteiger partial charge in [0.05, 0.1) is 18.8 Å². The van der Waals surface area contributed by atoms with Crippen molar-refractivity contribution in [3.63, 3.8) is 0 Å². The highest BCUT2D eigenvalue weighted by Gasteiger charge is 2.55. The Labute approximate surface area is 98.8 Å². The fourth-order valence-electron chi connectivity index (χ4n) is 2.75. The van der Waals surface area contributed by atoms with Gasteiger partial charge in [0, 0.05) is 12.8 Å². The lowest BCUT2D eigenvalue weighted by atomic mass is 9.69. The summed E-state index contributed by atoms with van der Waals surface area (Å²) in [5.41, 5.74) is 8.36. The van der Waals surface area contributed by atoms with E-state index in [1.54, 1.807) is 0 Å². The Morgan fingerprint density at radius 3 is 2.65 bits per heavy atom. The van der Waals surface area contributed by atoms with E-state index in [9.17, 15) is 8.78 Å². The number of benzene rings is 1. The normalized spacial score (nSPS) is 24.9. The van der Waals surface area contributed by atoms with Gasteiger partial charge in [-0.2, -0.15) is 0 Å². The average molecular weight is 239 g/mol. The molecule has 1 saturated carbocycles. The summed E-state index contributed by atoms with van der Waals surface area (Å²) in [5, 5.41) is 0. The Balaban J connectivity index is 1.90. The van der Waals surface area contributed by atoms with E-state index in [1.165, 1.54) is 5.56 Å².